The molecule has 0 bridgehead atoms. The van der Waals surface area contributed by atoms with E-state index in [2.05, 4.69) is 13.2 Å². The number of rotatable bonds is 11. The van der Waals surface area contributed by atoms with E-state index >= 15 is 0 Å². The number of nitrogens with two attached hydrogens (primary N) is 1. The molecule has 25 heavy (non-hydrogen) atoms. The third-order valence-electron chi connectivity index (χ3n) is 3.60. The lowest BCUT2D eigenvalue weighted by Gasteiger charge is -2.30. The number of hydrogen-bond donors (Lipinski definition) is 3. The fourth-order valence-corrected chi connectivity index (χ4v) is 2.78. The molecular weight excluding hydrogens is 324 g/mol. The highest BCUT2D eigenvalue weighted by molar-refractivity contribution is 5.84. The van der Waals surface area contributed by atoms with Gasteiger partial charge in [-0.1, -0.05) is 30.4 Å². The van der Waals surface area contributed by atoms with Crippen molar-refractivity contribution in [2.24, 2.45) is 5.73 Å². The van der Waals surface area contributed by atoms with Crippen molar-refractivity contribution in [1.29, 1.82) is 0 Å². The van der Waals surface area contributed by atoms with Crippen molar-refractivity contribution in [3.63, 3.8) is 0 Å². The zero-order chi connectivity index (χ0) is 19.0. The summed E-state index contributed by atoms with van der Waals surface area (Å²) < 4.78 is 0. The minimum absolute atomic E-state index is 0.429. The summed E-state index contributed by atoms with van der Waals surface area (Å²) >= 11 is 0. The van der Waals surface area contributed by atoms with Gasteiger partial charge in [-0.2, -0.15) is 0 Å². The van der Waals surface area contributed by atoms with Crippen LogP contribution in [-0.4, -0.2) is 46.0 Å². The Morgan fingerprint density at radius 2 is 1.48 bits per heavy atom. The number of carboxylic acid groups (broad SMARTS) is 2. The van der Waals surface area contributed by atoms with Gasteiger partial charge in [0.25, 0.3) is 0 Å². The third kappa shape index (κ3) is 5.58. The summed E-state index contributed by atoms with van der Waals surface area (Å²) in [7, 11) is 0. The van der Waals surface area contributed by atoms with E-state index in [4.69, 9.17) is 15.9 Å². The maximum absolute atomic E-state index is 12.2. The zero-order valence-electron chi connectivity index (χ0n) is 13.9. The Labute approximate surface area is 146 Å². The largest absolute Gasteiger partial charge is 0.480 e. The maximum Gasteiger partial charge on any atom is 0.317 e. The van der Waals surface area contributed by atoms with Crippen LogP contribution < -0.4 is 5.73 Å². The van der Waals surface area contributed by atoms with Gasteiger partial charge in [0.05, 0.1) is 13.1 Å². The number of allylic oxidation sites excluding steroid dienone is 2. The van der Waals surface area contributed by atoms with Crippen LogP contribution in [0.25, 0.3) is 0 Å². The quantitative estimate of drug-likeness (QED) is 0.517. The monoisotopic (exact) mass is 346 g/mol. The number of primary amides is 1. The SMILES string of the molecule is C=CCc1cccc(CC=C)c1C(C(N)=O)N(CC(=O)O)CC(=O)O. The Kier molecular flexibility index (Phi) is 7.55. The van der Waals surface area contributed by atoms with Crippen molar-refractivity contribution >= 4 is 17.8 Å². The van der Waals surface area contributed by atoms with Crippen LogP contribution in [0.5, 0.6) is 0 Å². The summed E-state index contributed by atoms with van der Waals surface area (Å²) in [6.07, 6.45) is 4.15. The molecule has 7 nitrogen and oxygen atoms in total. The minimum Gasteiger partial charge on any atom is -0.480 e. The fourth-order valence-electron chi connectivity index (χ4n) is 2.78. The molecule has 1 unspecified atom stereocenters. The Morgan fingerprint density at radius 1 is 1.04 bits per heavy atom. The molecule has 0 heterocycles. The zero-order valence-corrected chi connectivity index (χ0v) is 13.9. The fraction of sp³-hybridized carbons (Fsp3) is 0.278. The second kappa shape index (κ2) is 9.39. The van der Waals surface area contributed by atoms with Crippen LogP contribution >= 0.6 is 0 Å². The summed E-state index contributed by atoms with van der Waals surface area (Å²) in [5.41, 5.74) is 7.51. The number of hydrogen-bond acceptors (Lipinski definition) is 4. The van der Waals surface area contributed by atoms with Crippen molar-refractivity contribution in [3.05, 3.63) is 60.2 Å². The van der Waals surface area contributed by atoms with Crippen LogP contribution in [0.15, 0.2) is 43.5 Å². The number of carboxylic acids is 2. The normalized spacial score (nSPS) is 11.7. The molecule has 1 rings (SSSR count). The molecule has 0 fully saturated rings. The van der Waals surface area contributed by atoms with Gasteiger partial charge in [-0.25, -0.2) is 0 Å². The standard InChI is InChI=1S/C18H22N2O5/c1-3-6-12-8-5-9-13(7-4-2)16(12)17(18(19)25)20(10-14(21)22)11-15(23)24/h3-5,8-9,17H,1-2,6-7,10-11H2,(H2,19,25)(H,21,22)(H,23,24). The first kappa shape index (κ1) is 20.1. The molecule has 0 saturated carbocycles. The second-order valence-corrected chi connectivity index (χ2v) is 5.47. The first-order valence-electron chi connectivity index (χ1n) is 7.61. The minimum atomic E-state index is -1.25. The molecule has 0 saturated heterocycles. The molecule has 1 amide bonds. The van der Waals surface area contributed by atoms with E-state index in [1.165, 1.54) is 0 Å². The van der Waals surface area contributed by atoms with E-state index in [0.717, 1.165) is 16.0 Å². The Bertz CT molecular complexity index is 640. The predicted molar refractivity (Wildman–Crippen MR) is 93.0 cm³/mol. The molecule has 134 valence electrons. The molecule has 0 radical (unpaired) electrons. The molecule has 1 aromatic rings. The van der Waals surface area contributed by atoms with Crippen molar-refractivity contribution in [3.8, 4) is 0 Å². The van der Waals surface area contributed by atoms with Gasteiger partial charge < -0.3 is 15.9 Å². The average Bonchev–Trinajstić information content (AvgIpc) is 2.49. The van der Waals surface area contributed by atoms with Gasteiger partial charge in [-0.3, -0.25) is 19.3 Å². The summed E-state index contributed by atoms with van der Waals surface area (Å²) in [6, 6.07) is 4.18. The van der Waals surface area contributed by atoms with E-state index in [9.17, 15) is 14.4 Å². The average molecular weight is 346 g/mol. The van der Waals surface area contributed by atoms with Gasteiger partial charge in [0.1, 0.15) is 6.04 Å². The van der Waals surface area contributed by atoms with Crippen LogP contribution in [0, 0.1) is 0 Å². The number of amides is 1. The predicted octanol–water partition coefficient (Wildman–Crippen LogP) is 1.14. The molecule has 0 aliphatic rings. The van der Waals surface area contributed by atoms with Crippen molar-refractivity contribution in [2.75, 3.05) is 13.1 Å². The molecule has 7 heteroatoms. The summed E-state index contributed by atoms with van der Waals surface area (Å²) in [6.45, 7) is 6.10. The van der Waals surface area contributed by atoms with Gasteiger partial charge in [0, 0.05) is 0 Å². The van der Waals surface area contributed by atoms with Crippen LogP contribution in [0.1, 0.15) is 22.7 Å². The van der Waals surface area contributed by atoms with Crippen molar-refractivity contribution in [1.82, 2.24) is 4.90 Å². The molecular formula is C18H22N2O5. The van der Waals surface area contributed by atoms with Gasteiger partial charge in [0.2, 0.25) is 5.91 Å². The van der Waals surface area contributed by atoms with Crippen molar-refractivity contribution < 1.29 is 24.6 Å². The smallest absolute Gasteiger partial charge is 0.317 e. The Morgan fingerprint density at radius 3 is 1.80 bits per heavy atom. The lowest BCUT2D eigenvalue weighted by molar-refractivity contribution is -0.144. The molecule has 0 aliphatic carbocycles. The van der Waals surface area contributed by atoms with Gasteiger partial charge in [0.15, 0.2) is 0 Å². The van der Waals surface area contributed by atoms with Gasteiger partial charge >= 0.3 is 11.9 Å². The van der Waals surface area contributed by atoms with E-state index < -0.39 is 37.0 Å². The van der Waals surface area contributed by atoms with Gasteiger partial charge in [-0.05, 0) is 29.5 Å². The number of carbonyl (C=O) groups excluding carboxylic acids is 1. The second-order valence-electron chi connectivity index (χ2n) is 5.47. The van der Waals surface area contributed by atoms with Crippen LogP contribution in [0.4, 0.5) is 0 Å². The number of nitrogens with zero attached hydrogens (tertiary/aromatic N) is 1. The number of carbonyl (C=O) groups is 3. The van der Waals surface area contributed by atoms with E-state index in [0.29, 0.717) is 18.4 Å². The van der Waals surface area contributed by atoms with Crippen LogP contribution in [0.2, 0.25) is 0 Å². The third-order valence-corrected chi connectivity index (χ3v) is 3.60. The Hall–Kier alpha value is -2.93. The lowest BCUT2D eigenvalue weighted by atomic mass is 9.90. The number of aliphatic carboxylic acids is 2. The number of benzene rings is 1. The summed E-state index contributed by atoms with van der Waals surface area (Å²) in [5, 5.41) is 18.2. The van der Waals surface area contributed by atoms with Crippen LogP contribution in [0.3, 0.4) is 0 Å². The highest BCUT2D eigenvalue weighted by atomic mass is 16.4. The highest BCUT2D eigenvalue weighted by Gasteiger charge is 2.32. The molecule has 0 spiro atoms. The van der Waals surface area contributed by atoms with Crippen LogP contribution in [-0.2, 0) is 27.2 Å². The lowest BCUT2D eigenvalue weighted by Crippen LogP contribution is -2.44. The van der Waals surface area contributed by atoms with E-state index in [1.807, 2.05) is 0 Å². The highest BCUT2D eigenvalue weighted by Crippen LogP contribution is 2.29. The first-order chi connectivity index (χ1) is 11.8. The summed E-state index contributed by atoms with van der Waals surface area (Å²) in [5.74, 6) is -3.32. The molecule has 1 atom stereocenters. The Balaban J connectivity index is 3.56. The maximum atomic E-state index is 12.2. The molecule has 0 aromatic heterocycles. The first-order valence-corrected chi connectivity index (χ1v) is 7.61. The summed E-state index contributed by atoms with van der Waals surface area (Å²) in [4.78, 5) is 35.5. The van der Waals surface area contributed by atoms with Gasteiger partial charge in [-0.15, -0.1) is 13.2 Å². The topological polar surface area (TPSA) is 121 Å². The molecule has 4 N–H and O–H groups in total. The van der Waals surface area contributed by atoms with Crippen molar-refractivity contribution in [2.45, 2.75) is 18.9 Å². The van der Waals surface area contributed by atoms with E-state index in [1.54, 1.807) is 30.4 Å². The molecule has 0 aliphatic heterocycles. The molecule has 1 aromatic carbocycles. The van der Waals surface area contributed by atoms with E-state index in [-0.39, 0.29) is 0 Å².